The fourth-order valence-electron chi connectivity index (χ4n) is 2.89. The van der Waals surface area contributed by atoms with Gasteiger partial charge in [-0.25, -0.2) is 4.98 Å². The highest BCUT2D eigenvalue weighted by molar-refractivity contribution is 6.74. The molecule has 1 saturated heterocycles. The highest BCUT2D eigenvalue weighted by Crippen LogP contribution is 2.37. The number of aromatic amines is 1. The molecular weight excluding hydrogens is 418 g/mol. The maximum Gasteiger partial charge on any atom is 0.280 e. The smallest absolute Gasteiger partial charge is 0.280 e. The molecule has 0 saturated carbocycles. The number of H-pyrrole nitrogens is 1. The van der Waals surface area contributed by atoms with Crippen molar-refractivity contribution in [1.29, 1.82) is 0 Å². The van der Waals surface area contributed by atoms with Crippen molar-refractivity contribution in [3.8, 4) is 0 Å². The van der Waals surface area contributed by atoms with E-state index in [4.69, 9.17) is 9.16 Å². The van der Waals surface area contributed by atoms with Crippen LogP contribution in [0.3, 0.4) is 0 Å². The predicted molar refractivity (Wildman–Crippen MR) is 118 cm³/mol. The van der Waals surface area contributed by atoms with Crippen molar-refractivity contribution in [2.75, 3.05) is 11.9 Å². The Morgan fingerprint density at radius 3 is 2.68 bits per heavy atom. The number of hydrogen-bond donors (Lipinski definition) is 2. The number of aromatic nitrogens is 4. The second kappa shape index (κ2) is 8.28. The average molecular weight is 450 g/mol. The zero-order valence-corrected chi connectivity index (χ0v) is 20.1. The quantitative estimate of drug-likeness (QED) is 0.649. The summed E-state index contributed by atoms with van der Waals surface area (Å²) in [6.45, 7) is 14.5. The molecule has 2 N–H and O–H groups in total. The van der Waals surface area contributed by atoms with Crippen LogP contribution in [0.15, 0.2) is 11.1 Å². The van der Waals surface area contributed by atoms with Crippen molar-refractivity contribution >= 4 is 37.1 Å². The van der Waals surface area contributed by atoms with Crippen LogP contribution < -0.4 is 10.9 Å². The number of fused-ring (bicyclic) bond motifs is 1. The van der Waals surface area contributed by atoms with Crippen LogP contribution in [0.5, 0.6) is 0 Å². The zero-order chi connectivity index (χ0) is 23.1. The number of ether oxygens (including phenoxy) is 1. The van der Waals surface area contributed by atoms with Crippen molar-refractivity contribution in [2.24, 2.45) is 5.92 Å². The van der Waals surface area contributed by atoms with E-state index in [9.17, 15) is 14.4 Å². The molecule has 2 atom stereocenters. The van der Waals surface area contributed by atoms with Crippen LogP contribution in [-0.4, -0.2) is 52.2 Å². The number of Topliss-reactive ketones (excluding diaryl/α,β-unsaturated/α-hetero) is 1. The van der Waals surface area contributed by atoms with Gasteiger partial charge in [0.05, 0.1) is 19.0 Å². The fourth-order valence-corrected chi connectivity index (χ4v) is 3.92. The molecule has 3 rings (SSSR count). The van der Waals surface area contributed by atoms with Gasteiger partial charge in [0, 0.05) is 12.3 Å². The van der Waals surface area contributed by atoms with Crippen LogP contribution in [0, 0.1) is 5.92 Å². The first kappa shape index (κ1) is 23.3. The molecule has 2 aromatic rings. The van der Waals surface area contributed by atoms with Crippen molar-refractivity contribution in [1.82, 2.24) is 19.5 Å². The molecule has 10 nitrogen and oxygen atoms in total. The normalized spacial score (nSPS) is 20.1. The maximum atomic E-state index is 12.7. The Hall–Kier alpha value is -2.37. The Morgan fingerprint density at radius 2 is 2.06 bits per heavy atom. The molecule has 0 aromatic carbocycles. The summed E-state index contributed by atoms with van der Waals surface area (Å²) in [7, 11) is -1.97. The number of carbonyl (C=O) groups is 2. The Bertz CT molecular complexity index is 1050. The van der Waals surface area contributed by atoms with Crippen molar-refractivity contribution in [3.05, 3.63) is 16.7 Å². The lowest BCUT2D eigenvalue weighted by molar-refractivity contribution is -0.127. The minimum atomic E-state index is -1.97. The number of rotatable bonds is 6. The number of amides is 1. The van der Waals surface area contributed by atoms with Gasteiger partial charge in [0.1, 0.15) is 0 Å². The van der Waals surface area contributed by atoms with Gasteiger partial charge < -0.3 is 9.16 Å². The van der Waals surface area contributed by atoms with E-state index in [-0.39, 0.29) is 52.3 Å². The van der Waals surface area contributed by atoms with Crippen LogP contribution in [0.25, 0.3) is 11.2 Å². The highest BCUT2D eigenvalue weighted by atomic mass is 28.4. The third kappa shape index (κ3) is 4.78. The lowest BCUT2D eigenvalue weighted by Gasteiger charge is -2.36. The number of carbonyl (C=O) groups excluding carboxylic acids is 2. The van der Waals surface area contributed by atoms with Crippen LogP contribution in [0.4, 0.5) is 5.95 Å². The maximum absolute atomic E-state index is 12.7. The van der Waals surface area contributed by atoms with Gasteiger partial charge in [-0.3, -0.25) is 29.3 Å². The molecule has 3 heterocycles. The van der Waals surface area contributed by atoms with Gasteiger partial charge in [0.25, 0.3) is 5.56 Å². The minimum absolute atomic E-state index is 0.00112. The average Bonchev–Trinajstić information content (AvgIpc) is 3.22. The zero-order valence-electron chi connectivity index (χ0n) is 19.1. The number of hydrogen-bond acceptors (Lipinski definition) is 7. The Morgan fingerprint density at radius 1 is 1.39 bits per heavy atom. The first-order chi connectivity index (χ1) is 14.3. The molecule has 1 aliphatic rings. The molecule has 170 valence electrons. The van der Waals surface area contributed by atoms with Crippen LogP contribution in [-0.2, 0) is 18.8 Å². The van der Waals surface area contributed by atoms with Crippen LogP contribution >= 0.6 is 0 Å². The third-order valence-corrected chi connectivity index (χ3v) is 10.4. The molecule has 2 aromatic heterocycles. The van der Waals surface area contributed by atoms with E-state index in [2.05, 4.69) is 54.1 Å². The largest absolute Gasteiger partial charge is 0.414 e. The van der Waals surface area contributed by atoms with Crippen LogP contribution in [0.2, 0.25) is 18.1 Å². The second-order valence-electron chi connectivity index (χ2n) is 9.73. The molecule has 1 fully saturated rings. The molecule has 0 spiro atoms. The number of imidazole rings is 1. The summed E-state index contributed by atoms with van der Waals surface area (Å²) in [5, 5.41) is 2.62. The van der Waals surface area contributed by atoms with E-state index >= 15 is 0 Å². The van der Waals surface area contributed by atoms with E-state index in [1.165, 1.54) is 10.9 Å². The van der Waals surface area contributed by atoms with Crippen molar-refractivity contribution in [2.45, 2.75) is 71.5 Å². The Labute approximate surface area is 181 Å². The van der Waals surface area contributed by atoms with E-state index in [1.54, 1.807) is 13.8 Å². The molecule has 1 aliphatic heterocycles. The fraction of sp³-hybridized carbons (Fsp3) is 0.650. The van der Waals surface area contributed by atoms with E-state index < -0.39 is 20.1 Å². The Balaban J connectivity index is 1.82. The summed E-state index contributed by atoms with van der Waals surface area (Å²) in [6, 6.07) is 0. The molecule has 0 aliphatic carbocycles. The molecule has 0 radical (unpaired) electrons. The van der Waals surface area contributed by atoms with E-state index in [0.29, 0.717) is 6.61 Å². The van der Waals surface area contributed by atoms with Gasteiger partial charge >= 0.3 is 0 Å². The van der Waals surface area contributed by atoms with Gasteiger partial charge in [-0.15, -0.1) is 0 Å². The second-order valence-corrected chi connectivity index (χ2v) is 14.5. The molecule has 1 amide bonds. The van der Waals surface area contributed by atoms with Crippen LogP contribution in [0.1, 0.15) is 47.3 Å². The monoisotopic (exact) mass is 449 g/mol. The number of nitrogens with one attached hydrogen (secondary N) is 2. The van der Waals surface area contributed by atoms with Gasteiger partial charge in [0.2, 0.25) is 11.9 Å². The lowest BCUT2D eigenvalue weighted by atomic mass is 10.2. The van der Waals surface area contributed by atoms with Gasteiger partial charge in [-0.2, -0.15) is 4.98 Å². The summed E-state index contributed by atoms with van der Waals surface area (Å²) in [6.07, 6.45) is 0.242. The number of anilines is 1. The standard InChI is InChI=1S/C20H31N5O5Si/c1-11(2)16(27)23-19-22-15-14(17(28)24-19)21-10-25(15)18-13(26)8-12(30-18)9-29-31(6,7)20(3,4)5/h10-12,18H,8-9H2,1-7H3,(H2,22,23,24,27,28)/t12-,18?/m0/s1. The van der Waals surface area contributed by atoms with Crippen molar-refractivity contribution < 1.29 is 18.8 Å². The Kier molecular flexibility index (Phi) is 6.22. The molecule has 1 unspecified atom stereocenters. The number of nitrogens with zero attached hydrogens (tertiary/aromatic N) is 3. The lowest BCUT2D eigenvalue weighted by Crippen LogP contribution is -2.42. The summed E-state index contributed by atoms with van der Waals surface area (Å²) in [5.41, 5.74) is -0.266. The first-order valence-electron chi connectivity index (χ1n) is 10.4. The predicted octanol–water partition coefficient (Wildman–Crippen LogP) is 2.59. The molecule has 31 heavy (non-hydrogen) atoms. The topological polar surface area (TPSA) is 128 Å². The van der Waals surface area contributed by atoms with Crippen molar-refractivity contribution in [3.63, 3.8) is 0 Å². The van der Waals surface area contributed by atoms with Gasteiger partial charge in [0.15, 0.2) is 31.5 Å². The van der Waals surface area contributed by atoms with E-state index in [0.717, 1.165) is 0 Å². The summed E-state index contributed by atoms with van der Waals surface area (Å²) < 4.78 is 13.6. The highest BCUT2D eigenvalue weighted by Gasteiger charge is 2.41. The molecule has 0 bridgehead atoms. The minimum Gasteiger partial charge on any atom is -0.414 e. The first-order valence-corrected chi connectivity index (χ1v) is 13.3. The molecule has 11 heteroatoms. The SMILES string of the molecule is CC(C)C(=O)Nc1nc2c(ncn2C2O[C@H](CO[Si](C)(C)C(C)(C)C)CC2=O)c(=O)[nH]1. The summed E-state index contributed by atoms with van der Waals surface area (Å²) in [5.74, 6) is -0.712. The molecular formula is C20H31N5O5Si. The van der Waals surface area contributed by atoms with Gasteiger partial charge in [-0.1, -0.05) is 34.6 Å². The number of ketones is 1. The summed E-state index contributed by atoms with van der Waals surface area (Å²) >= 11 is 0. The van der Waals surface area contributed by atoms with E-state index in [1.807, 2.05) is 0 Å². The summed E-state index contributed by atoms with van der Waals surface area (Å²) in [4.78, 5) is 47.9. The third-order valence-electron chi connectivity index (χ3n) is 5.91. The van der Waals surface area contributed by atoms with Gasteiger partial charge in [-0.05, 0) is 18.1 Å².